The Morgan fingerprint density at radius 1 is 0.400 bits per heavy atom. The lowest BCUT2D eigenvalue weighted by Crippen LogP contribution is -2.32. The molecule has 0 bridgehead atoms. The summed E-state index contributed by atoms with van der Waals surface area (Å²) in [5, 5.41) is 26.0. The lowest BCUT2D eigenvalue weighted by Gasteiger charge is -2.11. The number of carbonyl (C=O) groups is 5. The molecule has 5 aliphatic heterocycles. The number of carbonyl (C=O) groups excluding carboxylic acids is 5. The van der Waals surface area contributed by atoms with E-state index in [4.69, 9.17) is 50.5 Å². The van der Waals surface area contributed by atoms with Crippen LogP contribution in [0, 0.1) is 23.3 Å². The Labute approximate surface area is 730 Å². The number of hydrogen-bond acceptors (Lipinski definition) is 19. The first-order chi connectivity index (χ1) is 60.4. The number of hydroxylamine groups is 1. The number of anilines is 1. The van der Waals surface area contributed by atoms with Gasteiger partial charge in [-0.2, -0.15) is 0 Å². The van der Waals surface area contributed by atoms with Gasteiger partial charge in [-0.15, -0.1) is 0 Å². The summed E-state index contributed by atoms with van der Waals surface area (Å²) in [5.41, 5.74) is 10.7. The van der Waals surface area contributed by atoms with Gasteiger partial charge >= 0.3 is 18.3 Å². The summed E-state index contributed by atoms with van der Waals surface area (Å²) in [5.74, 6) is 2.29. The van der Waals surface area contributed by atoms with Gasteiger partial charge in [-0.1, -0.05) is 151 Å². The van der Waals surface area contributed by atoms with Gasteiger partial charge in [0.1, 0.15) is 92.5 Å². The first-order valence-corrected chi connectivity index (χ1v) is 42.0. The van der Waals surface area contributed by atoms with Crippen LogP contribution in [0.25, 0.3) is 0 Å². The highest BCUT2D eigenvalue weighted by atomic mass is 36.0. The second-order valence-electron chi connectivity index (χ2n) is 26.4. The minimum Gasteiger partial charge on any atom is -0.465 e. The van der Waals surface area contributed by atoms with Crippen molar-refractivity contribution in [3.8, 4) is 57.5 Å². The zero-order chi connectivity index (χ0) is 88.3. The van der Waals surface area contributed by atoms with Gasteiger partial charge in [0.25, 0.3) is 11.8 Å². The van der Waals surface area contributed by atoms with Crippen molar-refractivity contribution in [3.63, 3.8) is 0 Å². The van der Waals surface area contributed by atoms with Crippen molar-refractivity contribution in [2.45, 2.75) is 0 Å². The van der Waals surface area contributed by atoms with Crippen molar-refractivity contribution in [2.24, 2.45) is 20.0 Å². The van der Waals surface area contributed by atoms with Gasteiger partial charge in [0.15, 0.2) is 28.7 Å². The number of aldehydes is 2. The maximum atomic E-state index is 14.8. The van der Waals surface area contributed by atoms with Crippen molar-refractivity contribution in [2.75, 3.05) is 12.4 Å². The van der Waals surface area contributed by atoms with E-state index < -0.39 is 47.5 Å². The standard InChI is InChI=1S/C21H14FNO3.C20H13FN2O3.C20H12FNO2.C13H8ClNO.C13H9NO2.C7H6BFO3.Cl3OP/c1-25-21(24)13-10-11-14(16(22)12-13)20-15-6-2-4-8-18(15)26-19-9-5-3-7-17(19)23-20;21-15-11-12(20(24)23-25)9-10-13(15)19-14-5-1-3-7-17(14)26-18-8-4-2-6-16(18)22-19;21-16-11-13(12-23)9-10-14(16)20-15-5-1-3-7-18(15)24-19-8-4-2-6-17(19)22-20;14-13-9-5-1-3-7-11(9)16-12-8-4-2-6-10(12)15-13;15-13-9-5-1-3-7-11(9)16-12-8-4-2-6-10(12)14-13;9-7-3-5(4-10)1-2-6(7)8(11)12;1-5(2,3)4/h2-12H,1H3;1-11,25H,(H,23,24);1-12H;1-8H;1-8H,(H,14,15);1-4,11-12H;. The lowest BCUT2D eigenvalue weighted by molar-refractivity contribution is 0.0599. The van der Waals surface area contributed by atoms with Crippen LogP contribution < -0.4 is 39.9 Å². The molecule has 14 aromatic rings. The summed E-state index contributed by atoms with van der Waals surface area (Å²) in [6.45, 7) is 0. The molecule has 125 heavy (non-hydrogen) atoms. The summed E-state index contributed by atoms with van der Waals surface area (Å²) in [6, 6.07) is 89.6. The van der Waals surface area contributed by atoms with E-state index in [1.807, 2.05) is 206 Å². The highest BCUT2D eigenvalue weighted by Gasteiger charge is 2.28. The van der Waals surface area contributed by atoms with Crippen LogP contribution in [-0.2, 0) is 9.30 Å². The summed E-state index contributed by atoms with van der Waals surface area (Å²) in [4.78, 5) is 74.2. The molecule has 0 unspecified atom stereocenters. The molecule has 5 aliphatic rings. The zero-order valence-corrected chi connectivity index (χ0v) is 68.7. The number of esters is 1. The van der Waals surface area contributed by atoms with Gasteiger partial charge in [-0.25, -0.2) is 47.8 Å². The predicted octanol–water partition coefficient (Wildman–Crippen LogP) is 23.3. The number of ether oxygens (including phenoxy) is 6. The van der Waals surface area contributed by atoms with Crippen molar-refractivity contribution >= 4 is 144 Å². The summed E-state index contributed by atoms with van der Waals surface area (Å²) in [7, 11) is -0.584. The van der Waals surface area contributed by atoms with E-state index in [-0.39, 0.29) is 44.8 Å². The molecule has 0 atom stereocenters. The highest BCUT2D eigenvalue weighted by molar-refractivity contribution is 8.24. The molecule has 19 rings (SSSR count). The summed E-state index contributed by atoms with van der Waals surface area (Å²) >= 11 is 20.0. The molecule has 5 heterocycles. The number of hydrogen-bond donors (Lipinski definition) is 5. The molecule has 5 N–H and O–H groups in total. The van der Waals surface area contributed by atoms with Crippen LogP contribution in [0.1, 0.15) is 90.7 Å². The van der Waals surface area contributed by atoms with E-state index in [1.165, 1.54) is 49.0 Å². The van der Waals surface area contributed by atoms with E-state index in [1.54, 1.807) is 48.5 Å². The summed E-state index contributed by atoms with van der Waals surface area (Å²) in [6.07, 6.45) is 1.10. The quantitative estimate of drug-likeness (QED) is 0.0180. The van der Waals surface area contributed by atoms with Crippen molar-refractivity contribution in [1.29, 1.82) is 0 Å². The molecule has 2 amide bonds. The molecule has 0 aliphatic carbocycles. The Hall–Kier alpha value is -14.4. The van der Waals surface area contributed by atoms with E-state index in [9.17, 15) is 46.1 Å². The van der Waals surface area contributed by atoms with Crippen LogP contribution in [0.3, 0.4) is 0 Å². The molecule has 31 heteroatoms. The van der Waals surface area contributed by atoms with Crippen LogP contribution in [-0.4, -0.2) is 82.1 Å². The number of para-hydroxylation sites is 15. The Balaban J connectivity index is 0.000000129. The number of benzene rings is 14. The highest BCUT2D eigenvalue weighted by Crippen LogP contribution is 2.61. The third-order valence-corrected chi connectivity index (χ3v) is 18.6. The summed E-state index contributed by atoms with van der Waals surface area (Å²) < 4.78 is 100. The number of halogens is 8. The molecular weight excluding hydrogens is 1710 g/mol. The molecule has 0 radical (unpaired) electrons. The van der Waals surface area contributed by atoms with Gasteiger partial charge in [-0.05, 0) is 210 Å². The first kappa shape index (κ1) is 88.4. The number of nitrogens with zero attached hydrogens (tertiary/aromatic N) is 4. The SMILES string of the molecule is COC(=O)c1ccc(C2=Nc3ccccc3Oc3ccccc32)c(F)c1.ClC1=Nc2ccccc2Oc2ccccc21.O=C(NO)c1ccc(C2=Nc3ccccc3Oc3ccccc32)c(F)c1.O=C1Nc2ccccc2Oc2ccccc21.O=Cc1ccc(B(O)O)c(F)c1.O=Cc1ccc(C2=Nc3ccccc3Oc3ccccc32)c(F)c1.O=P(Cl)(Cl)Cl. The van der Waals surface area contributed by atoms with E-state index in [2.05, 4.69) is 63.7 Å². The third-order valence-electron chi connectivity index (χ3n) is 18.3. The average molecular weight is 1780 g/mol. The van der Waals surface area contributed by atoms with E-state index >= 15 is 0 Å². The Kier molecular flexibility index (Phi) is 29.0. The minimum atomic E-state index is -3.22. The smallest absolute Gasteiger partial charge is 0.465 e. The number of fused-ring (bicyclic) bond motifs is 10. The fraction of sp³-hybridized carbons (Fsp3) is 0.0106. The number of rotatable bonds is 8. The van der Waals surface area contributed by atoms with Gasteiger partial charge in [0, 0.05) is 55.5 Å². The molecule has 14 aromatic carbocycles. The molecule has 0 fully saturated rings. The monoisotopic (exact) mass is 1770 g/mol. The fourth-order valence-electron chi connectivity index (χ4n) is 12.5. The largest absolute Gasteiger partial charge is 0.491 e. The molecule has 0 spiro atoms. The topological polar surface area (TPSA) is 292 Å². The van der Waals surface area contributed by atoms with Crippen LogP contribution in [0.2, 0.25) is 0 Å². The molecule has 0 aromatic heterocycles. The Bertz CT molecular complexity index is 6480. The van der Waals surface area contributed by atoms with Gasteiger partial charge in [0.2, 0.25) is 0 Å². The number of nitrogens with one attached hydrogen (secondary N) is 2. The van der Waals surface area contributed by atoms with Gasteiger partial charge in [0.05, 0.1) is 46.6 Å². The Morgan fingerprint density at radius 3 is 1.10 bits per heavy atom. The van der Waals surface area contributed by atoms with Gasteiger partial charge in [-0.3, -0.25) is 29.0 Å². The fourth-order valence-corrected chi connectivity index (χ4v) is 12.8. The van der Waals surface area contributed by atoms with Crippen LogP contribution >= 0.6 is 50.5 Å². The van der Waals surface area contributed by atoms with Crippen LogP contribution in [0.4, 0.5) is 46.0 Å². The third kappa shape index (κ3) is 22.1. The second-order valence-corrected chi connectivity index (χ2v) is 33.4. The number of aliphatic imine (C=N–C) groups is 4. The normalized spacial score (nSPS) is 12.1. The van der Waals surface area contributed by atoms with E-state index in [0.29, 0.717) is 131 Å². The average Bonchev–Trinajstić information content (AvgIpc) is 1.74. The predicted molar refractivity (Wildman–Crippen MR) is 473 cm³/mol. The van der Waals surface area contributed by atoms with Gasteiger partial charge < -0.3 is 43.8 Å². The molecule has 0 saturated heterocycles. The lowest BCUT2D eigenvalue weighted by atomic mass is 9.79. The van der Waals surface area contributed by atoms with Crippen molar-refractivity contribution in [1.82, 2.24) is 5.48 Å². The maximum Gasteiger partial charge on any atom is 0.491 e. The zero-order valence-electron chi connectivity index (χ0n) is 64.8. The minimum absolute atomic E-state index is 0.00732. The van der Waals surface area contributed by atoms with Crippen LogP contribution in [0.15, 0.2) is 335 Å². The van der Waals surface area contributed by atoms with E-state index in [0.717, 1.165) is 47.0 Å². The number of methoxy groups -OCH3 is 1. The molecular formula is C94H62BCl4F4N6O15P. The van der Waals surface area contributed by atoms with Crippen molar-refractivity contribution < 1.29 is 89.8 Å². The Morgan fingerprint density at radius 2 is 0.712 bits per heavy atom. The molecule has 622 valence electrons. The number of amides is 2. The van der Waals surface area contributed by atoms with Crippen LogP contribution in [0.5, 0.6) is 57.5 Å². The molecule has 0 saturated carbocycles. The molecule has 21 nitrogen and oxygen atoms in total. The maximum absolute atomic E-state index is 14.8. The second kappa shape index (κ2) is 41.0. The first-order valence-electron chi connectivity index (χ1n) is 37.2. The van der Waals surface area contributed by atoms with Crippen molar-refractivity contribution in [3.05, 3.63) is 405 Å².